The Kier molecular flexibility index (Phi) is 6.64. The quantitative estimate of drug-likeness (QED) is 0.755. The molecule has 0 aliphatic carbocycles. The molecule has 5 nitrogen and oxygen atoms in total. The molecule has 0 saturated carbocycles. The Bertz CT molecular complexity index is 386. The van der Waals surface area contributed by atoms with Gasteiger partial charge in [0.2, 0.25) is 0 Å². The minimum atomic E-state index is -0.741. The lowest BCUT2D eigenvalue weighted by Gasteiger charge is -2.14. The van der Waals surface area contributed by atoms with Gasteiger partial charge in [-0.3, -0.25) is 9.19 Å². The van der Waals surface area contributed by atoms with Gasteiger partial charge in [-0.1, -0.05) is 6.92 Å². The molecule has 2 unspecified atom stereocenters. The molecule has 18 heavy (non-hydrogen) atoms. The zero-order valence-corrected chi connectivity index (χ0v) is 12.1. The van der Waals surface area contributed by atoms with Crippen molar-refractivity contribution in [2.24, 2.45) is 0 Å². The summed E-state index contributed by atoms with van der Waals surface area (Å²) in [6.07, 6.45) is 7.06. The maximum Gasteiger partial charge on any atom is 0.147 e. The topological polar surface area (TPSA) is 66.9 Å². The molecule has 0 aromatic carbocycles. The van der Waals surface area contributed by atoms with Gasteiger partial charge >= 0.3 is 0 Å². The zero-order chi connectivity index (χ0) is 13.4. The van der Waals surface area contributed by atoms with Crippen LogP contribution in [0.2, 0.25) is 0 Å². The Hall–Kier alpha value is -1.17. The van der Waals surface area contributed by atoms with Crippen LogP contribution in [0, 0.1) is 0 Å². The van der Waals surface area contributed by atoms with Crippen LogP contribution in [-0.2, 0) is 10.8 Å². The lowest BCUT2D eigenvalue weighted by Crippen LogP contribution is -2.19. The van der Waals surface area contributed by atoms with Crippen LogP contribution in [0.1, 0.15) is 26.7 Å². The molecule has 102 valence electrons. The number of hydrogen-bond acceptors (Lipinski definition) is 5. The fourth-order valence-electron chi connectivity index (χ4n) is 1.44. The van der Waals surface area contributed by atoms with Crippen LogP contribution in [0.5, 0.6) is 0 Å². The van der Waals surface area contributed by atoms with Gasteiger partial charge in [-0.2, -0.15) is 0 Å². The minimum Gasteiger partial charge on any atom is -0.369 e. The van der Waals surface area contributed by atoms with E-state index in [2.05, 4.69) is 34.4 Å². The van der Waals surface area contributed by atoms with E-state index in [4.69, 9.17) is 0 Å². The molecule has 2 atom stereocenters. The van der Waals surface area contributed by atoms with Crippen molar-refractivity contribution in [1.82, 2.24) is 9.97 Å². The third-order valence-electron chi connectivity index (χ3n) is 2.42. The monoisotopic (exact) mass is 270 g/mol. The van der Waals surface area contributed by atoms with E-state index < -0.39 is 10.8 Å². The van der Waals surface area contributed by atoms with E-state index in [1.54, 1.807) is 18.6 Å². The lowest BCUT2D eigenvalue weighted by atomic mass is 10.2. The summed E-state index contributed by atoms with van der Waals surface area (Å²) >= 11 is 0. The summed E-state index contributed by atoms with van der Waals surface area (Å²) in [6.45, 7) is 5.05. The van der Waals surface area contributed by atoms with Crippen LogP contribution in [-0.4, -0.2) is 38.8 Å². The van der Waals surface area contributed by atoms with E-state index in [9.17, 15) is 4.21 Å². The standard InChI is InChI=1S/C12H22N4OS/c1-4-6-14-11-8-13-9-12(16-11)15-10(2)5-7-18(3)17/h8-10H,4-7H2,1-3H3,(H2,14,15,16). The van der Waals surface area contributed by atoms with Gasteiger partial charge in [0, 0.05) is 35.4 Å². The van der Waals surface area contributed by atoms with E-state index in [1.165, 1.54) is 0 Å². The van der Waals surface area contributed by atoms with Gasteiger partial charge in [0.1, 0.15) is 11.6 Å². The lowest BCUT2D eigenvalue weighted by molar-refractivity contribution is 0.678. The van der Waals surface area contributed by atoms with Gasteiger partial charge in [-0.25, -0.2) is 4.98 Å². The van der Waals surface area contributed by atoms with E-state index in [0.29, 0.717) is 5.75 Å². The molecule has 1 rings (SSSR count). The number of hydrogen-bond donors (Lipinski definition) is 2. The Morgan fingerprint density at radius 2 is 2.11 bits per heavy atom. The maximum atomic E-state index is 11.0. The first kappa shape index (κ1) is 14.9. The fourth-order valence-corrected chi connectivity index (χ4v) is 2.13. The number of anilines is 2. The largest absolute Gasteiger partial charge is 0.369 e. The molecule has 0 spiro atoms. The number of nitrogens with zero attached hydrogens (tertiary/aromatic N) is 2. The van der Waals surface area contributed by atoms with Crippen LogP contribution in [0.15, 0.2) is 12.4 Å². The van der Waals surface area contributed by atoms with E-state index in [-0.39, 0.29) is 6.04 Å². The van der Waals surface area contributed by atoms with Gasteiger partial charge < -0.3 is 10.6 Å². The Morgan fingerprint density at radius 3 is 2.78 bits per heavy atom. The van der Waals surface area contributed by atoms with Gasteiger partial charge in [0.25, 0.3) is 0 Å². The molecular weight excluding hydrogens is 248 g/mol. The highest BCUT2D eigenvalue weighted by molar-refractivity contribution is 7.84. The van der Waals surface area contributed by atoms with E-state index in [1.807, 2.05) is 0 Å². The first-order chi connectivity index (χ1) is 8.61. The van der Waals surface area contributed by atoms with Crippen molar-refractivity contribution in [2.75, 3.05) is 29.2 Å². The second kappa shape index (κ2) is 8.02. The highest BCUT2D eigenvalue weighted by Gasteiger charge is 2.05. The SMILES string of the molecule is CCCNc1cncc(NC(C)CCS(C)=O)n1. The first-order valence-corrected chi connectivity index (χ1v) is 7.97. The smallest absolute Gasteiger partial charge is 0.147 e. The van der Waals surface area contributed by atoms with Crippen LogP contribution < -0.4 is 10.6 Å². The molecule has 2 N–H and O–H groups in total. The molecule has 0 aliphatic heterocycles. The van der Waals surface area contributed by atoms with Gasteiger partial charge in [0.05, 0.1) is 12.4 Å². The molecule has 0 amide bonds. The average Bonchev–Trinajstić information content (AvgIpc) is 2.34. The molecule has 0 radical (unpaired) electrons. The van der Waals surface area contributed by atoms with Crippen molar-refractivity contribution >= 4 is 22.4 Å². The Morgan fingerprint density at radius 1 is 1.39 bits per heavy atom. The summed E-state index contributed by atoms with van der Waals surface area (Å²) in [5.74, 6) is 2.24. The van der Waals surface area contributed by atoms with Gasteiger partial charge in [-0.15, -0.1) is 0 Å². The van der Waals surface area contributed by atoms with Gasteiger partial charge in [-0.05, 0) is 19.8 Å². The van der Waals surface area contributed by atoms with E-state index in [0.717, 1.165) is 31.0 Å². The first-order valence-electron chi connectivity index (χ1n) is 6.24. The van der Waals surface area contributed by atoms with Crippen LogP contribution in [0.25, 0.3) is 0 Å². The molecule has 0 saturated heterocycles. The Balaban J connectivity index is 2.47. The molecule has 0 fully saturated rings. The zero-order valence-electron chi connectivity index (χ0n) is 11.3. The summed E-state index contributed by atoms with van der Waals surface area (Å²) in [4.78, 5) is 8.56. The summed E-state index contributed by atoms with van der Waals surface area (Å²) in [5.41, 5.74) is 0. The number of rotatable bonds is 8. The maximum absolute atomic E-state index is 11.0. The molecule has 1 aromatic heterocycles. The second-order valence-corrected chi connectivity index (χ2v) is 5.88. The molecule has 1 aromatic rings. The Labute approximate surface area is 111 Å². The predicted octanol–water partition coefficient (Wildman–Crippen LogP) is 1.87. The molecule has 0 bridgehead atoms. The highest BCUT2D eigenvalue weighted by Crippen LogP contribution is 2.09. The predicted molar refractivity (Wildman–Crippen MR) is 77.4 cm³/mol. The highest BCUT2D eigenvalue weighted by atomic mass is 32.2. The van der Waals surface area contributed by atoms with Crippen molar-refractivity contribution in [2.45, 2.75) is 32.7 Å². The van der Waals surface area contributed by atoms with Crippen LogP contribution in [0.3, 0.4) is 0 Å². The summed E-state index contributed by atoms with van der Waals surface area (Å²) in [7, 11) is -0.741. The van der Waals surface area contributed by atoms with Crippen molar-refractivity contribution in [3.05, 3.63) is 12.4 Å². The van der Waals surface area contributed by atoms with E-state index >= 15 is 0 Å². The van der Waals surface area contributed by atoms with Gasteiger partial charge in [0.15, 0.2) is 0 Å². The normalized spacial score (nSPS) is 13.9. The molecule has 1 heterocycles. The summed E-state index contributed by atoms with van der Waals surface area (Å²) < 4.78 is 11.0. The molecule has 6 heteroatoms. The minimum absolute atomic E-state index is 0.240. The molecular formula is C12H22N4OS. The number of aromatic nitrogens is 2. The van der Waals surface area contributed by atoms with Crippen LogP contribution in [0.4, 0.5) is 11.6 Å². The summed E-state index contributed by atoms with van der Waals surface area (Å²) in [5, 5.41) is 6.46. The third kappa shape index (κ3) is 5.95. The molecule has 0 aliphatic rings. The average molecular weight is 270 g/mol. The van der Waals surface area contributed by atoms with Crippen molar-refractivity contribution < 1.29 is 4.21 Å². The van der Waals surface area contributed by atoms with Crippen molar-refractivity contribution in [3.63, 3.8) is 0 Å². The summed E-state index contributed by atoms with van der Waals surface area (Å²) in [6, 6.07) is 0.240. The van der Waals surface area contributed by atoms with Crippen LogP contribution >= 0.6 is 0 Å². The second-order valence-electron chi connectivity index (χ2n) is 4.33. The third-order valence-corrected chi connectivity index (χ3v) is 3.23. The fraction of sp³-hybridized carbons (Fsp3) is 0.667. The van der Waals surface area contributed by atoms with Crippen molar-refractivity contribution in [1.29, 1.82) is 0 Å². The van der Waals surface area contributed by atoms with Crippen molar-refractivity contribution in [3.8, 4) is 0 Å². The number of nitrogens with one attached hydrogen (secondary N) is 2.